The second-order valence-electron chi connectivity index (χ2n) is 13.2. The molecule has 3 aromatic rings. The van der Waals surface area contributed by atoms with Gasteiger partial charge < -0.3 is 20.7 Å². The van der Waals surface area contributed by atoms with Crippen molar-refractivity contribution < 1.29 is 31.9 Å². The summed E-state index contributed by atoms with van der Waals surface area (Å²) in [6, 6.07) is 9.95. The highest BCUT2D eigenvalue weighted by Gasteiger charge is 2.62. The standard InChI is InChI=1S/C34H38FN5O6S.ClH/c35-21-12-15-24-25-9-6-7-11-28(25)37-31(26(24)16-21)46-22-17-29-30(41)38-34(33(43)39-47(44,45)23-13-14-23)18-20(34)8-4-2-1-3-5-10-27(36)32(42)40(29)19-22;/h4,6-9,11-12,15-16,20,22-23,27,29H,1-3,5,10,13-14,17-19,36H2,(H,38,41)(H,39,43);1H/b8-4-;/t20-,22-,27+,29+,34-;/m1./s1. The number of carbonyl (C=O) groups is 3. The van der Waals surface area contributed by atoms with Gasteiger partial charge in [0, 0.05) is 23.1 Å². The summed E-state index contributed by atoms with van der Waals surface area (Å²) in [5, 5.41) is 4.28. The topological polar surface area (TPSA) is 161 Å². The molecule has 1 saturated heterocycles. The molecule has 2 saturated carbocycles. The number of nitrogens with zero attached hydrogens (tertiary/aromatic N) is 2. The van der Waals surface area contributed by atoms with Crippen LogP contribution in [0.3, 0.4) is 0 Å². The van der Waals surface area contributed by atoms with E-state index < -0.39 is 68.5 Å². The number of para-hydroxylation sites is 1. The Morgan fingerprint density at radius 3 is 2.65 bits per heavy atom. The van der Waals surface area contributed by atoms with Gasteiger partial charge in [0.25, 0.3) is 5.91 Å². The Kier molecular flexibility index (Phi) is 9.40. The van der Waals surface area contributed by atoms with E-state index in [4.69, 9.17) is 10.5 Å². The van der Waals surface area contributed by atoms with Crippen molar-refractivity contribution in [2.75, 3.05) is 6.54 Å². The monoisotopic (exact) mass is 699 g/mol. The lowest BCUT2D eigenvalue weighted by Crippen LogP contribution is -2.57. The zero-order valence-electron chi connectivity index (χ0n) is 26.3. The Morgan fingerprint density at radius 1 is 1.06 bits per heavy atom. The average molecular weight is 700 g/mol. The molecule has 3 amide bonds. The minimum atomic E-state index is -3.85. The third-order valence-corrected chi connectivity index (χ3v) is 11.6. The van der Waals surface area contributed by atoms with Gasteiger partial charge in [-0.25, -0.2) is 17.8 Å². The van der Waals surface area contributed by atoms with E-state index in [0.29, 0.717) is 30.2 Å². The van der Waals surface area contributed by atoms with E-state index in [0.717, 1.165) is 36.5 Å². The maximum absolute atomic E-state index is 14.4. The maximum atomic E-state index is 14.4. The molecule has 14 heteroatoms. The molecule has 0 unspecified atom stereocenters. The molecular formula is C34H39ClFN5O6S. The molecule has 7 rings (SSSR count). The first-order valence-electron chi connectivity index (χ1n) is 16.3. The Morgan fingerprint density at radius 2 is 1.85 bits per heavy atom. The van der Waals surface area contributed by atoms with Gasteiger partial charge in [0.15, 0.2) is 0 Å². The number of aromatic nitrogens is 1. The fourth-order valence-corrected chi connectivity index (χ4v) is 8.25. The number of sulfonamides is 1. The second-order valence-corrected chi connectivity index (χ2v) is 15.2. The average Bonchev–Trinajstić information content (AvgIpc) is 3.97. The van der Waals surface area contributed by atoms with Gasteiger partial charge in [-0.3, -0.25) is 19.1 Å². The molecule has 5 atom stereocenters. The molecule has 0 radical (unpaired) electrons. The van der Waals surface area contributed by atoms with E-state index in [1.165, 1.54) is 17.0 Å². The van der Waals surface area contributed by atoms with Crippen LogP contribution in [0.4, 0.5) is 4.39 Å². The van der Waals surface area contributed by atoms with Crippen LogP contribution in [0.15, 0.2) is 54.6 Å². The van der Waals surface area contributed by atoms with Crippen LogP contribution in [0.1, 0.15) is 57.8 Å². The molecular weight excluding hydrogens is 661 g/mol. The SMILES string of the molecule is Cl.N[C@H]1CCCCC/C=C\[C@@H]2C[C@@]2(C(=O)NS(=O)(=O)C2CC2)NC(=O)[C@@H]2C[C@@H](Oc3nc4ccccc4c4ccc(F)cc34)CN2C1=O. The number of nitrogens with one attached hydrogen (secondary N) is 2. The summed E-state index contributed by atoms with van der Waals surface area (Å²) in [5.74, 6) is -2.45. The third kappa shape index (κ3) is 6.59. The normalized spacial score (nSPS) is 28.7. The number of hydrogen-bond acceptors (Lipinski definition) is 8. The van der Waals surface area contributed by atoms with Crippen molar-refractivity contribution in [2.24, 2.45) is 11.7 Å². The van der Waals surface area contributed by atoms with Gasteiger partial charge in [0.05, 0.1) is 23.4 Å². The van der Waals surface area contributed by atoms with Crippen LogP contribution in [0.25, 0.3) is 21.7 Å². The van der Waals surface area contributed by atoms with E-state index in [-0.39, 0.29) is 37.7 Å². The quantitative estimate of drug-likeness (QED) is 0.269. The maximum Gasteiger partial charge on any atom is 0.259 e. The lowest BCUT2D eigenvalue weighted by atomic mass is 10.1. The van der Waals surface area contributed by atoms with Crippen molar-refractivity contribution in [3.8, 4) is 5.88 Å². The predicted octanol–water partition coefficient (Wildman–Crippen LogP) is 3.63. The molecule has 4 N–H and O–H groups in total. The van der Waals surface area contributed by atoms with Crippen molar-refractivity contribution in [3.63, 3.8) is 0 Å². The van der Waals surface area contributed by atoms with Crippen molar-refractivity contribution in [3.05, 3.63) is 60.4 Å². The largest absolute Gasteiger partial charge is 0.472 e. The summed E-state index contributed by atoms with van der Waals surface area (Å²) >= 11 is 0. The summed E-state index contributed by atoms with van der Waals surface area (Å²) in [7, 11) is -3.85. The van der Waals surface area contributed by atoms with Gasteiger partial charge in [0.2, 0.25) is 27.7 Å². The smallest absolute Gasteiger partial charge is 0.259 e. The van der Waals surface area contributed by atoms with E-state index >= 15 is 0 Å². The molecule has 256 valence electrons. The third-order valence-electron chi connectivity index (χ3n) is 9.79. The summed E-state index contributed by atoms with van der Waals surface area (Å²) in [6.45, 7) is 0.0223. The fourth-order valence-electron chi connectivity index (χ4n) is 6.89. The molecule has 2 aromatic carbocycles. The number of pyridine rings is 1. The van der Waals surface area contributed by atoms with Crippen LogP contribution in [-0.2, 0) is 24.4 Å². The van der Waals surface area contributed by atoms with Crippen LogP contribution < -0.4 is 20.5 Å². The number of allylic oxidation sites excluding steroid dienone is 1. The number of benzene rings is 2. The minimum Gasteiger partial charge on any atom is -0.472 e. The second kappa shape index (κ2) is 13.2. The first-order chi connectivity index (χ1) is 22.6. The van der Waals surface area contributed by atoms with Gasteiger partial charge in [-0.1, -0.05) is 49.3 Å². The summed E-state index contributed by atoms with van der Waals surface area (Å²) in [6.07, 6.45) is 8.05. The molecule has 4 aliphatic rings. The van der Waals surface area contributed by atoms with Crippen LogP contribution in [-0.4, -0.2) is 71.5 Å². The van der Waals surface area contributed by atoms with Crippen LogP contribution in [0.5, 0.6) is 5.88 Å². The number of hydrogen-bond donors (Lipinski definition) is 3. The number of nitrogens with two attached hydrogens (primary N) is 1. The molecule has 2 aliphatic carbocycles. The van der Waals surface area contributed by atoms with E-state index in [2.05, 4.69) is 15.0 Å². The highest BCUT2D eigenvalue weighted by atomic mass is 35.5. The van der Waals surface area contributed by atoms with Crippen LogP contribution in [0.2, 0.25) is 0 Å². The number of carbonyl (C=O) groups excluding carboxylic acids is 3. The molecule has 2 aliphatic heterocycles. The first kappa shape index (κ1) is 34.1. The Bertz CT molecular complexity index is 1910. The lowest BCUT2D eigenvalue weighted by molar-refractivity contribution is -0.140. The minimum absolute atomic E-state index is 0. The molecule has 3 heterocycles. The van der Waals surface area contributed by atoms with Crippen molar-refractivity contribution >= 4 is 61.8 Å². The zero-order chi connectivity index (χ0) is 32.9. The van der Waals surface area contributed by atoms with Gasteiger partial charge in [-0.15, -0.1) is 12.4 Å². The van der Waals surface area contributed by atoms with Gasteiger partial charge >= 0.3 is 0 Å². The Labute approximate surface area is 284 Å². The lowest BCUT2D eigenvalue weighted by Gasteiger charge is -2.28. The van der Waals surface area contributed by atoms with Crippen molar-refractivity contribution in [2.45, 2.75) is 86.8 Å². The summed E-state index contributed by atoms with van der Waals surface area (Å²) in [4.78, 5) is 47.4. The molecule has 0 spiro atoms. The van der Waals surface area contributed by atoms with Gasteiger partial charge in [-0.05, 0) is 62.1 Å². The first-order valence-corrected chi connectivity index (χ1v) is 17.9. The van der Waals surface area contributed by atoms with E-state index in [1.54, 1.807) is 6.07 Å². The predicted molar refractivity (Wildman–Crippen MR) is 180 cm³/mol. The Hall–Kier alpha value is -3.81. The number of rotatable bonds is 5. The highest BCUT2D eigenvalue weighted by molar-refractivity contribution is 7.91. The molecule has 0 bridgehead atoms. The number of amides is 3. The molecule has 11 nitrogen and oxygen atoms in total. The molecule has 1 aromatic heterocycles. The zero-order valence-corrected chi connectivity index (χ0v) is 27.9. The Balaban J connectivity index is 0.00000401. The molecule has 48 heavy (non-hydrogen) atoms. The van der Waals surface area contributed by atoms with Crippen LogP contribution in [0, 0.1) is 11.7 Å². The number of fused-ring (bicyclic) bond motifs is 5. The number of ether oxygens (including phenoxy) is 1. The van der Waals surface area contributed by atoms with E-state index in [9.17, 15) is 27.2 Å². The summed E-state index contributed by atoms with van der Waals surface area (Å²) < 4.78 is 48.4. The summed E-state index contributed by atoms with van der Waals surface area (Å²) in [5.41, 5.74) is 5.55. The van der Waals surface area contributed by atoms with Crippen molar-refractivity contribution in [1.29, 1.82) is 0 Å². The van der Waals surface area contributed by atoms with Crippen molar-refractivity contribution in [1.82, 2.24) is 19.9 Å². The molecule has 3 fully saturated rings. The van der Waals surface area contributed by atoms with E-state index in [1.807, 2.05) is 36.4 Å². The van der Waals surface area contributed by atoms with Gasteiger partial charge in [0.1, 0.15) is 23.5 Å². The number of halogens is 2. The fraction of sp³-hybridized carbons (Fsp3) is 0.471. The van der Waals surface area contributed by atoms with Gasteiger partial charge in [-0.2, -0.15) is 0 Å². The van der Waals surface area contributed by atoms with Crippen LogP contribution >= 0.6 is 12.4 Å². The highest BCUT2D eigenvalue weighted by Crippen LogP contribution is 2.46.